The second kappa shape index (κ2) is 1.40. The predicted molar refractivity (Wildman–Crippen MR) is 16.0 cm³/mol. The molecule has 1 aromatic heterocycles. The van der Waals surface area contributed by atoms with Crippen molar-refractivity contribution in [3.8, 4) is 0 Å². The summed E-state index contributed by atoms with van der Waals surface area (Å²) in [5.41, 5.74) is 0. The summed E-state index contributed by atoms with van der Waals surface area (Å²) in [7, 11) is 0. The fourth-order valence-corrected chi connectivity index (χ4v) is 0.302. The molecule has 3 nitrogen and oxygen atoms in total. The number of nitrogens with one attached hydrogen (secondary N) is 1. The Bertz CT molecular complexity index is 112. The van der Waals surface area contributed by atoms with Crippen LogP contribution in [0.25, 0.3) is 0 Å². The summed E-state index contributed by atoms with van der Waals surface area (Å²) in [4.78, 5) is 0. The zero-order valence-corrected chi connectivity index (χ0v) is 3.85. The normalized spacial score (nSPS) is 9.00. The van der Waals surface area contributed by atoms with Gasteiger partial charge in [0, 0.05) is 0 Å². The summed E-state index contributed by atoms with van der Waals surface area (Å²) in [5.74, 6) is 0. The molecule has 0 aliphatic carbocycles. The second-order valence-corrected chi connectivity index (χ2v) is 1.31. The molecule has 0 atom stereocenters. The fourth-order valence-electron chi connectivity index (χ4n) is 0.183. The summed E-state index contributed by atoms with van der Waals surface area (Å²) in [5, 5.41) is 9.33. The van der Waals surface area contributed by atoms with Crippen LogP contribution in [0.5, 0.6) is 0 Å². The van der Waals surface area contributed by atoms with Crippen molar-refractivity contribution in [2.75, 3.05) is 0 Å². The van der Waals surface area contributed by atoms with Gasteiger partial charge in [0.05, 0.1) is 0 Å². The molecule has 0 aliphatic heterocycles. The van der Waals surface area contributed by atoms with Gasteiger partial charge in [0.15, 0.2) is 0 Å². The van der Waals surface area contributed by atoms with Crippen molar-refractivity contribution < 1.29 is 15.7 Å². The molecule has 0 unspecified atom stereocenters. The molecular weight excluding hydrogens is 125 g/mol. The van der Waals surface area contributed by atoms with E-state index in [4.69, 9.17) is 0 Å². The zero-order chi connectivity index (χ0) is 4.41. The molecule has 1 aromatic rings. The first-order valence-electron chi connectivity index (χ1n) is 1.39. The van der Waals surface area contributed by atoms with Gasteiger partial charge in [-0.2, -0.15) is 0 Å². The Morgan fingerprint density at radius 3 is 2.83 bits per heavy atom. The van der Waals surface area contributed by atoms with Gasteiger partial charge in [-0.15, -0.1) is 0 Å². The first kappa shape index (κ1) is 3.82. The zero-order valence-electron chi connectivity index (χ0n) is 2.81. The molecule has 0 bridgehead atoms. The maximum absolute atomic E-state index is 3.88. The van der Waals surface area contributed by atoms with Gasteiger partial charge < -0.3 is 0 Å². The summed E-state index contributed by atoms with van der Waals surface area (Å²) < 4.78 is 0.613. The molecule has 0 saturated heterocycles. The Morgan fingerprint density at radius 2 is 2.67 bits per heavy atom. The number of hydrogen-bond donors (Lipinski definition) is 1. The standard InChI is InChI=1S/C2H2N3.Co/c1-2-4-5-3-1;/h1H,(H,3,4,5);. The van der Waals surface area contributed by atoms with Gasteiger partial charge in [-0.3, -0.25) is 0 Å². The molecule has 0 fully saturated rings. The molecule has 0 radical (unpaired) electrons. The summed E-state index contributed by atoms with van der Waals surface area (Å²) in [6.45, 7) is 0. The Balaban J connectivity index is 3.05. The molecule has 0 saturated carbocycles. The van der Waals surface area contributed by atoms with Crippen LogP contribution in [0.1, 0.15) is 0 Å². The molecule has 0 amide bonds. The van der Waals surface area contributed by atoms with Crippen LogP contribution in [0.15, 0.2) is 6.20 Å². The van der Waals surface area contributed by atoms with Crippen LogP contribution in [0.3, 0.4) is 0 Å². The predicted octanol–water partition coefficient (Wildman–Crippen LogP) is -1.02. The second-order valence-electron chi connectivity index (χ2n) is 0.773. The summed E-state index contributed by atoms with van der Waals surface area (Å²) in [6, 6.07) is 0. The SMILES string of the molecule is [Co][c]1c[nH]nn1. The number of rotatable bonds is 0. The minimum atomic E-state index is 0.613. The van der Waals surface area contributed by atoms with Gasteiger partial charge in [0.2, 0.25) is 0 Å². The molecule has 1 rings (SSSR count). The third kappa shape index (κ3) is 0.578. The van der Waals surface area contributed by atoms with E-state index in [9.17, 15) is 0 Å². The van der Waals surface area contributed by atoms with Gasteiger partial charge in [0.25, 0.3) is 0 Å². The first-order valence-corrected chi connectivity index (χ1v) is 1.91. The number of nitrogens with zero attached hydrogens (tertiary/aromatic N) is 2. The van der Waals surface area contributed by atoms with Crippen LogP contribution in [0, 0.1) is 0 Å². The molecule has 1 heterocycles. The average molecular weight is 127 g/mol. The quantitative estimate of drug-likeness (QED) is 0.484. The van der Waals surface area contributed by atoms with E-state index in [1.165, 1.54) is 0 Å². The molecule has 0 aromatic carbocycles. The van der Waals surface area contributed by atoms with Crippen molar-refractivity contribution in [2.45, 2.75) is 0 Å². The van der Waals surface area contributed by atoms with E-state index in [1.54, 1.807) is 6.20 Å². The van der Waals surface area contributed by atoms with Crippen molar-refractivity contribution in [3.63, 3.8) is 0 Å². The number of H-pyrrole nitrogens is 1. The number of aromatic nitrogens is 3. The van der Waals surface area contributed by atoms with Crippen LogP contribution >= 0.6 is 0 Å². The van der Waals surface area contributed by atoms with Crippen LogP contribution in [0.4, 0.5) is 0 Å². The van der Waals surface area contributed by atoms with Crippen molar-refractivity contribution in [1.29, 1.82) is 0 Å². The summed E-state index contributed by atoms with van der Waals surface area (Å²) >= 11 is 3.88. The Kier molecular flexibility index (Phi) is 0.891. The van der Waals surface area contributed by atoms with Gasteiger partial charge >= 0.3 is 42.0 Å². The van der Waals surface area contributed by atoms with E-state index < -0.39 is 0 Å². The molecule has 34 valence electrons. The molecule has 6 heavy (non-hydrogen) atoms. The topological polar surface area (TPSA) is 41.6 Å². The van der Waals surface area contributed by atoms with E-state index in [-0.39, 0.29) is 0 Å². The first-order chi connectivity index (χ1) is 2.89. The number of aromatic amines is 1. The van der Waals surface area contributed by atoms with Crippen molar-refractivity contribution in [2.24, 2.45) is 0 Å². The Labute approximate surface area is 42.7 Å². The minimum absolute atomic E-state index is 0.613. The average Bonchev–Trinajstić information content (AvgIpc) is 1.86. The van der Waals surface area contributed by atoms with E-state index in [0.717, 1.165) is 0 Å². The maximum atomic E-state index is 3.88. The van der Waals surface area contributed by atoms with Crippen LogP contribution < -0.4 is 4.63 Å². The fraction of sp³-hybridized carbons (Fsp3) is 0. The monoisotopic (exact) mass is 127 g/mol. The molecular formula is C2H2CoN3. The van der Waals surface area contributed by atoms with Crippen molar-refractivity contribution in [1.82, 2.24) is 15.4 Å². The van der Waals surface area contributed by atoms with Crippen LogP contribution in [0.2, 0.25) is 0 Å². The van der Waals surface area contributed by atoms with Gasteiger partial charge in [-0.1, -0.05) is 0 Å². The van der Waals surface area contributed by atoms with Crippen molar-refractivity contribution >= 4 is 4.63 Å². The Morgan fingerprint density at radius 1 is 1.83 bits per heavy atom. The van der Waals surface area contributed by atoms with Crippen molar-refractivity contribution in [3.05, 3.63) is 6.20 Å². The molecule has 4 heteroatoms. The molecule has 1 N–H and O–H groups in total. The third-order valence-corrected chi connectivity index (χ3v) is 0.630. The molecule has 0 aliphatic rings. The van der Waals surface area contributed by atoms with Crippen LogP contribution in [-0.4, -0.2) is 15.4 Å². The Hall–Kier alpha value is -0.354. The summed E-state index contributed by atoms with van der Waals surface area (Å²) in [6.07, 6.45) is 1.60. The van der Waals surface area contributed by atoms with E-state index in [0.29, 0.717) is 4.63 Å². The van der Waals surface area contributed by atoms with E-state index in [1.807, 2.05) is 0 Å². The van der Waals surface area contributed by atoms with E-state index in [2.05, 4.69) is 31.1 Å². The van der Waals surface area contributed by atoms with E-state index >= 15 is 0 Å². The van der Waals surface area contributed by atoms with Gasteiger partial charge in [-0.05, 0) is 0 Å². The molecule has 0 spiro atoms. The van der Waals surface area contributed by atoms with Gasteiger partial charge in [-0.25, -0.2) is 0 Å². The van der Waals surface area contributed by atoms with Crippen LogP contribution in [-0.2, 0) is 15.7 Å². The third-order valence-electron chi connectivity index (χ3n) is 0.376. The number of hydrogen-bond acceptors (Lipinski definition) is 2. The van der Waals surface area contributed by atoms with Gasteiger partial charge in [0.1, 0.15) is 0 Å².